The Morgan fingerprint density at radius 2 is 1.29 bits per heavy atom. The van der Waals surface area contributed by atoms with Crippen LogP contribution in [0.1, 0.15) is 36.3 Å². The minimum atomic E-state index is -0.986. The summed E-state index contributed by atoms with van der Waals surface area (Å²) in [7, 11) is 1.70. The van der Waals surface area contributed by atoms with E-state index in [1.165, 1.54) is 27.2 Å². The molecule has 0 unspecified atom stereocenters. The molecule has 11 nitrogen and oxygen atoms in total. The van der Waals surface area contributed by atoms with Crippen molar-refractivity contribution in [2.75, 3.05) is 79.6 Å². The van der Waals surface area contributed by atoms with E-state index in [0.717, 1.165) is 0 Å². The number of fused-ring (bicyclic) bond motifs is 3. The van der Waals surface area contributed by atoms with E-state index in [1.807, 2.05) is 24.3 Å². The fraction of sp³-hybridized carbons (Fsp3) is 0.516. The summed E-state index contributed by atoms with van der Waals surface area (Å²) in [5.41, 5.74) is 4.76. The molecule has 3 rings (SSSR count). The Balaban J connectivity index is 1.11. The molecule has 0 fully saturated rings. The van der Waals surface area contributed by atoms with Crippen LogP contribution in [0.15, 0.2) is 48.5 Å². The number of likely N-dealkylation sites (N-methyl/N-ethyl adjacent to an activating group) is 1. The Labute approximate surface area is 247 Å². The van der Waals surface area contributed by atoms with E-state index >= 15 is 0 Å². The molecule has 42 heavy (non-hydrogen) atoms. The van der Waals surface area contributed by atoms with Crippen LogP contribution in [0, 0.1) is 0 Å². The van der Waals surface area contributed by atoms with Gasteiger partial charge in [0.25, 0.3) is 0 Å². The molecule has 0 heterocycles. The van der Waals surface area contributed by atoms with Crippen molar-refractivity contribution in [1.29, 1.82) is 0 Å². The molecule has 0 atom stereocenters. The monoisotopic (exact) mass is 586 g/mol. The van der Waals surface area contributed by atoms with E-state index in [9.17, 15) is 14.4 Å². The lowest BCUT2D eigenvalue weighted by Crippen LogP contribution is -2.32. The second kappa shape index (κ2) is 18.8. The summed E-state index contributed by atoms with van der Waals surface area (Å²) in [6.07, 6.45) is 0.0834. The van der Waals surface area contributed by atoms with Crippen LogP contribution in [-0.4, -0.2) is 108 Å². The van der Waals surface area contributed by atoms with Crippen LogP contribution in [0.25, 0.3) is 11.1 Å². The number of nitrogens with zero attached hydrogens (tertiary/aromatic N) is 1. The minimum Gasteiger partial charge on any atom is -0.481 e. The van der Waals surface area contributed by atoms with E-state index in [0.29, 0.717) is 72.4 Å². The second-order valence-electron chi connectivity index (χ2n) is 9.77. The van der Waals surface area contributed by atoms with Crippen LogP contribution in [0.2, 0.25) is 0 Å². The highest BCUT2D eigenvalue weighted by atomic mass is 16.6. The van der Waals surface area contributed by atoms with Crippen LogP contribution in [-0.2, 0) is 33.3 Å². The number of carboxylic acids is 1. The molecule has 1 aliphatic rings. The zero-order valence-electron chi connectivity index (χ0n) is 24.3. The molecule has 0 radical (unpaired) electrons. The van der Waals surface area contributed by atoms with Gasteiger partial charge in [0.15, 0.2) is 0 Å². The zero-order chi connectivity index (χ0) is 30.0. The third-order valence-electron chi connectivity index (χ3n) is 6.69. The number of hydrogen-bond donors (Lipinski definition) is 2. The number of hydrogen-bond acceptors (Lipinski definition) is 8. The highest BCUT2D eigenvalue weighted by Crippen LogP contribution is 2.44. The maximum absolute atomic E-state index is 12.5. The van der Waals surface area contributed by atoms with Gasteiger partial charge in [0.05, 0.1) is 52.7 Å². The van der Waals surface area contributed by atoms with Gasteiger partial charge in [0.1, 0.15) is 6.61 Å². The molecule has 1 aliphatic carbocycles. The van der Waals surface area contributed by atoms with Crippen LogP contribution < -0.4 is 5.32 Å². The normalized spacial score (nSPS) is 12.0. The lowest BCUT2D eigenvalue weighted by atomic mass is 9.98. The van der Waals surface area contributed by atoms with E-state index < -0.39 is 5.97 Å². The number of ether oxygens (including phenoxy) is 5. The lowest BCUT2D eigenvalue weighted by Gasteiger charge is -2.19. The van der Waals surface area contributed by atoms with E-state index in [-0.39, 0.29) is 37.4 Å². The Morgan fingerprint density at radius 1 is 0.762 bits per heavy atom. The summed E-state index contributed by atoms with van der Waals surface area (Å²) in [5.74, 6) is -1.23. The van der Waals surface area contributed by atoms with Gasteiger partial charge in [0.2, 0.25) is 5.91 Å². The van der Waals surface area contributed by atoms with Gasteiger partial charge in [-0.2, -0.15) is 0 Å². The molecular formula is C31H42N2O9. The van der Waals surface area contributed by atoms with Gasteiger partial charge < -0.3 is 39.0 Å². The van der Waals surface area contributed by atoms with Crippen molar-refractivity contribution < 1.29 is 43.2 Å². The molecule has 0 saturated heterocycles. The number of nitrogens with one attached hydrogen (secondary N) is 1. The Kier molecular flexibility index (Phi) is 14.8. The Hall–Kier alpha value is -3.51. The molecule has 0 aliphatic heterocycles. The molecule has 0 spiro atoms. The van der Waals surface area contributed by atoms with Crippen molar-refractivity contribution in [2.24, 2.45) is 0 Å². The average Bonchev–Trinajstić information content (AvgIpc) is 3.32. The topological polar surface area (TPSA) is 133 Å². The molecule has 0 aromatic heterocycles. The van der Waals surface area contributed by atoms with Gasteiger partial charge in [-0.1, -0.05) is 48.5 Å². The van der Waals surface area contributed by atoms with Crippen molar-refractivity contribution >= 4 is 18.0 Å². The van der Waals surface area contributed by atoms with Gasteiger partial charge >= 0.3 is 12.1 Å². The number of aliphatic carboxylic acids is 1. The predicted molar refractivity (Wildman–Crippen MR) is 155 cm³/mol. The van der Waals surface area contributed by atoms with Crippen LogP contribution in [0.3, 0.4) is 0 Å². The average molecular weight is 587 g/mol. The highest BCUT2D eigenvalue weighted by Gasteiger charge is 2.29. The van der Waals surface area contributed by atoms with Gasteiger partial charge in [0, 0.05) is 39.1 Å². The van der Waals surface area contributed by atoms with Crippen LogP contribution in [0.5, 0.6) is 0 Å². The summed E-state index contributed by atoms with van der Waals surface area (Å²) in [5, 5.41) is 11.2. The first-order valence-corrected chi connectivity index (χ1v) is 14.3. The Morgan fingerprint density at radius 3 is 1.86 bits per heavy atom. The van der Waals surface area contributed by atoms with E-state index in [2.05, 4.69) is 29.6 Å². The summed E-state index contributed by atoms with van der Waals surface area (Å²) >= 11 is 0. The molecule has 2 aromatic rings. The van der Waals surface area contributed by atoms with Gasteiger partial charge in [-0.05, 0) is 28.7 Å². The van der Waals surface area contributed by atoms with Crippen molar-refractivity contribution in [3.63, 3.8) is 0 Å². The number of carbonyl (C=O) groups excluding carboxylic acids is 2. The van der Waals surface area contributed by atoms with E-state index in [1.54, 1.807) is 7.05 Å². The van der Waals surface area contributed by atoms with Gasteiger partial charge in [-0.3, -0.25) is 9.59 Å². The molecule has 0 saturated carbocycles. The third-order valence-corrected chi connectivity index (χ3v) is 6.69. The quantitative estimate of drug-likeness (QED) is 0.211. The largest absolute Gasteiger partial charge is 0.481 e. The number of carboxylic acid groups (broad SMARTS) is 1. The standard InChI is InChI=1S/C31H42N2O9/c1-33(31(37)42-23-28-26-9-4-2-7-24(26)25-8-3-5-10-27(25)28)14-16-39-18-20-41-22-21-40-19-17-38-15-6-13-32-29(34)11-12-30(35)36/h2-5,7-10,28H,6,11-23H2,1H3,(H,32,34)(H,35,36). The fourth-order valence-corrected chi connectivity index (χ4v) is 4.47. The Bertz CT molecular complexity index is 1080. The fourth-order valence-electron chi connectivity index (χ4n) is 4.47. The number of benzene rings is 2. The van der Waals surface area contributed by atoms with Crippen molar-refractivity contribution in [3.05, 3.63) is 59.7 Å². The molecule has 0 bridgehead atoms. The van der Waals surface area contributed by atoms with Crippen molar-refractivity contribution in [3.8, 4) is 11.1 Å². The molecule has 11 heteroatoms. The maximum Gasteiger partial charge on any atom is 0.409 e. The molecule has 2 amide bonds. The number of amides is 2. The molecule has 2 N–H and O–H groups in total. The maximum atomic E-state index is 12.5. The second-order valence-corrected chi connectivity index (χ2v) is 9.77. The number of carbonyl (C=O) groups is 3. The minimum absolute atomic E-state index is 0.0147. The summed E-state index contributed by atoms with van der Waals surface area (Å²) < 4.78 is 27.6. The first-order valence-electron chi connectivity index (χ1n) is 14.3. The van der Waals surface area contributed by atoms with Crippen molar-refractivity contribution in [2.45, 2.75) is 25.2 Å². The summed E-state index contributed by atoms with van der Waals surface area (Å²) in [4.78, 5) is 35.8. The molecule has 2 aromatic carbocycles. The first-order chi connectivity index (χ1) is 20.5. The van der Waals surface area contributed by atoms with E-state index in [4.69, 9.17) is 28.8 Å². The first kappa shape index (κ1) is 33.0. The summed E-state index contributed by atoms with van der Waals surface area (Å²) in [6.45, 7) is 4.59. The highest BCUT2D eigenvalue weighted by molar-refractivity contribution is 5.80. The van der Waals surface area contributed by atoms with Crippen molar-refractivity contribution in [1.82, 2.24) is 10.2 Å². The third kappa shape index (κ3) is 11.4. The number of rotatable bonds is 21. The summed E-state index contributed by atoms with van der Waals surface area (Å²) in [6, 6.07) is 16.5. The zero-order valence-corrected chi connectivity index (χ0v) is 24.3. The SMILES string of the molecule is CN(CCOCCOCCOCCOCCCNC(=O)CCC(=O)O)C(=O)OCC1c2ccccc2-c2ccccc21. The van der Waals surface area contributed by atoms with Crippen LogP contribution >= 0.6 is 0 Å². The van der Waals surface area contributed by atoms with Gasteiger partial charge in [-0.25, -0.2) is 4.79 Å². The lowest BCUT2D eigenvalue weighted by molar-refractivity contribution is -0.138. The smallest absolute Gasteiger partial charge is 0.409 e. The molecule has 230 valence electrons. The predicted octanol–water partition coefficient (Wildman–Crippen LogP) is 3.30. The van der Waals surface area contributed by atoms with Crippen LogP contribution in [0.4, 0.5) is 4.79 Å². The van der Waals surface area contributed by atoms with Gasteiger partial charge in [-0.15, -0.1) is 0 Å². The molecular weight excluding hydrogens is 544 g/mol.